The molecule has 2 N–H and O–H groups in total. The minimum absolute atomic E-state index is 0.0251. The van der Waals surface area contributed by atoms with E-state index in [0.717, 1.165) is 55.9 Å². The fourth-order valence-electron chi connectivity index (χ4n) is 3.86. The zero-order chi connectivity index (χ0) is 20.1. The number of hydrogen-bond donors (Lipinski definition) is 2. The number of imidazole rings is 2. The van der Waals surface area contributed by atoms with Gasteiger partial charge in [-0.05, 0) is 25.0 Å². The van der Waals surface area contributed by atoms with Crippen LogP contribution in [0.15, 0.2) is 30.9 Å². The third-order valence-corrected chi connectivity index (χ3v) is 5.67. The molecule has 1 amide bonds. The molecule has 154 valence electrons. The van der Waals surface area contributed by atoms with E-state index in [9.17, 15) is 4.79 Å². The van der Waals surface area contributed by atoms with Crippen LogP contribution >= 0.6 is 11.6 Å². The molecule has 0 aliphatic carbocycles. The highest BCUT2D eigenvalue weighted by atomic mass is 35.5. The topological polar surface area (TPSA) is 78.3 Å². The number of hydrogen-bond acceptors (Lipinski definition) is 4. The van der Waals surface area contributed by atoms with Crippen molar-refractivity contribution < 1.29 is 4.79 Å². The van der Waals surface area contributed by atoms with Crippen LogP contribution in [0, 0.1) is 0 Å². The molecular weight excluding hydrogens is 388 g/mol. The number of pyridine rings is 1. The minimum atomic E-state index is 0.0251. The van der Waals surface area contributed by atoms with Gasteiger partial charge in [0.25, 0.3) is 5.91 Å². The van der Waals surface area contributed by atoms with E-state index < -0.39 is 0 Å². The third-order valence-electron chi connectivity index (χ3n) is 5.45. The van der Waals surface area contributed by atoms with E-state index in [-0.39, 0.29) is 5.91 Å². The number of aromatic nitrogens is 4. The van der Waals surface area contributed by atoms with Crippen molar-refractivity contribution in [2.45, 2.75) is 45.1 Å². The second-order valence-electron chi connectivity index (χ2n) is 7.55. The number of carbonyl (C=O) groups excluding carboxylic acids is 1. The lowest BCUT2D eigenvalue weighted by Crippen LogP contribution is -2.35. The van der Waals surface area contributed by atoms with Gasteiger partial charge in [-0.3, -0.25) is 4.79 Å². The summed E-state index contributed by atoms with van der Waals surface area (Å²) in [6, 6.07) is 3.67. The van der Waals surface area contributed by atoms with Gasteiger partial charge in [-0.2, -0.15) is 0 Å². The third kappa shape index (κ3) is 4.79. The van der Waals surface area contributed by atoms with Crippen LogP contribution in [0.3, 0.4) is 0 Å². The molecule has 4 rings (SSSR count). The summed E-state index contributed by atoms with van der Waals surface area (Å²) in [5.41, 5.74) is 3.21. The molecule has 8 heteroatoms. The maximum absolute atomic E-state index is 13.3. The summed E-state index contributed by atoms with van der Waals surface area (Å²) in [5, 5.41) is 4.06. The van der Waals surface area contributed by atoms with Crippen LogP contribution in [0.5, 0.6) is 0 Å². The highest BCUT2D eigenvalue weighted by Gasteiger charge is 2.24. The van der Waals surface area contributed by atoms with Gasteiger partial charge in [0.2, 0.25) is 0 Å². The van der Waals surface area contributed by atoms with E-state index in [0.29, 0.717) is 17.3 Å². The Hall–Kier alpha value is -2.38. The Kier molecular flexibility index (Phi) is 6.46. The first-order valence-electron chi connectivity index (χ1n) is 10.4. The molecule has 0 radical (unpaired) electrons. The van der Waals surface area contributed by atoms with Crippen molar-refractivity contribution in [1.29, 1.82) is 0 Å². The lowest BCUT2D eigenvalue weighted by molar-refractivity contribution is 0.0735. The van der Waals surface area contributed by atoms with Crippen molar-refractivity contribution in [3.05, 3.63) is 53.0 Å². The Morgan fingerprint density at radius 2 is 1.97 bits per heavy atom. The summed E-state index contributed by atoms with van der Waals surface area (Å²) in [6.07, 6.45) is 11.9. The molecule has 0 spiro atoms. The number of carbonyl (C=O) groups is 1. The first kappa shape index (κ1) is 19.9. The van der Waals surface area contributed by atoms with Crippen LogP contribution in [0.1, 0.15) is 54.0 Å². The minimum Gasteiger partial charge on any atom is -0.348 e. The van der Waals surface area contributed by atoms with Gasteiger partial charge >= 0.3 is 0 Å². The monoisotopic (exact) mass is 414 g/mol. The van der Waals surface area contributed by atoms with Gasteiger partial charge in [-0.25, -0.2) is 9.97 Å². The number of halogens is 1. The van der Waals surface area contributed by atoms with Gasteiger partial charge in [-0.1, -0.05) is 30.9 Å². The number of nitrogens with zero attached hydrogens (tertiary/aromatic N) is 4. The van der Waals surface area contributed by atoms with Crippen molar-refractivity contribution in [2.75, 3.05) is 19.6 Å². The SMILES string of the molecule is O=C(c1nc2ccc(Cl)cn2c1CNCCc1cnc[nH]1)N1CCCCCCC1. The molecule has 7 nitrogen and oxygen atoms in total. The molecule has 1 fully saturated rings. The van der Waals surface area contributed by atoms with E-state index in [2.05, 4.69) is 20.3 Å². The van der Waals surface area contributed by atoms with Crippen molar-refractivity contribution in [3.63, 3.8) is 0 Å². The number of nitrogens with one attached hydrogen (secondary N) is 2. The summed E-state index contributed by atoms with van der Waals surface area (Å²) in [5.74, 6) is 0.0251. The van der Waals surface area contributed by atoms with E-state index in [1.807, 2.05) is 33.8 Å². The molecule has 0 unspecified atom stereocenters. The predicted molar refractivity (Wildman–Crippen MR) is 113 cm³/mol. The zero-order valence-corrected chi connectivity index (χ0v) is 17.3. The number of rotatable bonds is 6. The highest BCUT2D eigenvalue weighted by Crippen LogP contribution is 2.20. The molecule has 1 aliphatic heterocycles. The van der Waals surface area contributed by atoms with Crippen molar-refractivity contribution >= 4 is 23.2 Å². The molecule has 1 saturated heterocycles. The summed E-state index contributed by atoms with van der Waals surface area (Å²) in [7, 11) is 0. The average molecular weight is 415 g/mol. The number of likely N-dealkylation sites (tertiary alicyclic amines) is 1. The van der Waals surface area contributed by atoms with Gasteiger partial charge in [-0.15, -0.1) is 0 Å². The number of amides is 1. The lowest BCUT2D eigenvalue weighted by atomic mass is 10.1. The molecule has 3 aromatic rings. The van der Waals surface area contributed by atoms with Crippen LogP contribution in [0.25, 0.3) is 5.65 Å². The van der Waals surface area contributed by atoms with Crippen LogP contribution < -0.4 is 5.32 Å². The highest BCUT2D eigenvalue weighted by molar-refractivity contribution is 6.30. The lowest BCUT2D eigenvalue weighted by Gasteiger charge is -2.24. The summed E-state index contributed by atoms with van der Waals surface area (Å²) >= 11 is 6.22. The normalized spacial score (nSPS) is 15.4. The Balaban J connectivity index is 1.54. The standard InChI is InChI=1S/C21H27ClN6O/c22-16-6-7-19-26-20(21(29)27-10-4-2-1-3-5-11-27)18(28(19)14-16)13-23-9-8-17-12-24-15-25-17/h6-7,12,14-15,23H,1-5,8-11,13H2,(H,24,25). The van der Waals surface area contributed by atoms with Crippen LogP contribution in [0.2, 0.25) is 5.02 Å². The number of fused-ring (bicyclic) bond motifs is 1. The van der Waals surface area contributed by atoms with Crippen LogP contribution in [0.4, 0.5) is 0 Å². The quantitative estimate of drug-likeness (QED) is 0.605. The fraction of sp³-hybridized carbons (Fsp3) is 0.476. The Morgan fingerprint density at radius 1 is 1.17 bits per heavy atom. The summed E-state index contributed by atoms with van der Waals surface area (Å²) in [6.45, 7) is 2.93. The second-order valence-corrected chi connectivity index (χ2v) is 7.98. The molecule has 0 aromatic carbocycles. The summed E-state index contributed by atoms with van der Waals surface area (Å²) in [4.78, 5) is 27.1. The molecule has 0 bridgehead atoms. The van der Waals surface area contributed by atoms with Crippen molar-refractivity contribution in [2.24, 2.45) is 0 Å². The van der Waals surface area contributed by atoms with E-state index in [4.69, 9.17) is 11.6 Å². The number of aromatic amines is 1. The summed E-state index contributed by atoms with van der Waals surface area (Å²) < 4.78 is 1.93. The largest absolute Gasteiger partial charge is 0.348 e. The molecule has 0 atom stereocenters. The van der Waals surface area contributed by atoms with Gasteiger partial charge in [0.15, 0.2) is 5.69 Å². The van der Waals surface area contributed by atoms with Gasteiger partial charge < -0.3 is 19.6 Å². The first-order valence-corrected chi connectivity index (χ1v) is 10.7. The Morgan fingerprint density at radius 3 is 2.72 bits per heavy atom. The maximum atomic E-state index is 13.3. The Labute approximate surface area is 175 Å². The van der Waals surface area contributed by atoms with Crippen molar-refractivity contribution in [3.8, 4) is 0 Å². The zero-order valence-electron chi connectivity index (χ0n) is 16.5. The molecule has 4 heterocycles. The second kappa shape index (κ2) is 9.41. The van der Waals surface area contributed by atoms with Gasteiger partial charge in [0.1, 0.15) is 5.65 Å². The maximum Gasteiger partial charge on any atom is 0.274 e. The predicted octanol–water partition coefficient (Wildman–Crippen LogP) is 3.45. The number of H-pyrrole nitrogens is 1. The van der Waals surface area contributed by atoms with Gasteiger partial charge in [0, 0.05) is 50.7 Å². The van der Waals surface area contributed by atoms with E-state index in [1.54, 1.807) is 6.33 Å². The van der Waals surface area contributed by atoms with Gasteiger partial charge in [0.05, 0.1) is 17.0 Å². The van der Waals surface area contributed by atoms with E-state index >= 15 is 0 Å². The molecule has 3 aromatic heterocycles. The van der Waals surface area contributed by atoms with Crippen molar-refractivity contribution in [1.82, 2.24) is 29.6 Å². The van der Waals surface area contributed by atoms with Crippen LogP contribution in [-0.4, -0.2) is 49.8 Å². The van der Waals surface area contributed by atoms with Crippen LogP contribution in [-0.2, 0) is 13.0 Å². The molecule has 1 aliphatic rings. The van der Waals surface area contributed by atoms with E-state index in [1.165, 1.54) is 19.3 Å². The fourth-order valence-corrected chi connectivity index (χ4v) is 4.02. The molecule has 29 heavy (non-hydrogen) atoms. The molecular formula is C21H27ClN6O. The smallest absolute Gasteiger partial charge is 0.274 e. The Bertz CT molecular complexity index is 944. The molecule has 0 saturated carbocycles. The first-order chi connectivity index (χ1) is 14.2. The average Bonchev–Trinajstić information content (AvgIpc) is 3.32.